The zero-order valence-electron chi connectivity index (χ0n) is 9.24. The molecule has 90 valence electrons. The summed E-state index contributed by atoms with van der Waals surface area (Å²) in [5.41, 5.74) is 8.71. The minimum Gasteiger partial charge on any atom is -0.493 e. The Morgan fingerprint density at radius 1 is 1.39 bits per heavy atom. The third-order valence-corrected chi connectivity index (χ3v) is 2.34. The van der Waals surface area contributed by atoms with E-state index in [-0.39, 0.29) is 17.9 Å². The summed E-state index contributed by atoms with van der Waals surface area (Å²) < 4.78 is 0. The molecule has 18 heavy (non-hydrogen) atoms. The highest BCUT2D eigenvalue weighted by atomic mass is 16.3. The second-order valence-corrected chi connectivity index (χ2v) is 3.54. The Kier molecular flexibility index (Phi) is 3.26. The summed E-state index contributed by atoms with van der Waals surface area (Å²) in [6.07, 6.45) is 0.256. The largest absolute Gasteiger partial charge is 0.493 e. The lowest BCUT2D eigenvalue weighted by atomic mass is 10.1. The highest BCUT2D eigenvalue weighted by Gasteiger charge is 2.10. The van der Waals surface area contributed by atoms with Crippen molar-refractivity contribution in [3.63, 3.8) is 0 Å². The van der Waals surface area contributed by atoms with Crippen molar-refractivity contribution in [1.29, 1.82) is 0 Å². The van der Waals surface area contributed by atoms with Gasteiger partial charge in [0.2, 0.25) is 11.8 Å². The van der Waals surface area contributed by atoms with Gasteiger partial charge in [0.1, 0.15) is 0 Å². The highest BCUT2D eigenvalue weighted by Crippen LogP contribution is 2.16. The molecule has 0 radical (unpaired) electrons. The van der Waals surface area contributed by atoms with Gasteiger partial charge in [0.25, 0.3) is 5.56 Å². The maximum absolute atomic E-state index is 11.7. The first kappa shape index (κ1) is 11.7. The molecule has 7 nitrogen and oxygen atoms in total. The monoisotopic (exact) mass is 243 g/mol. The first-order valence-corrected chi connectivity index (χ1v) is 5.12. The van der Waals surface area contributed by atoms with Gasteiger partial charge in [0, 0.05) is 11.3 Å². The van der Waals surface area contributed by atoms with Gasteiger partial charge in [-0.3, -0.25) is 4.79 Å². The lowest BCUT2D eigenvalue weighted by Crippen LogP contribution is -2.14. The molecule has 0 atom stereocenters. The number of aromatic nitrogens is 2. The molecule has 0 saturated heterocycles. The second kappa shape index (κ2) is 5.03. The molecule has 2 rings (SSSR count). The van der Waals surface area contributed by atoms with Crippen LogP contribution in [0.2, 0.25) is 0 Å². The van der Waals surface area contributed by atoms with Gasteiger partial charge >= 0.3 is 0 Å². The van der Waals surface area contributed by atoms with Crippen LogP contribution in [0.3, 0.4) is 0 Å². The minimum atomic E-state index is -0.520. The van der Waals surface area contributed by atoms with Gasteiger partial charge in [0.15, 0.2) is 0 Å². The number of azide groups is 1. The Balaban J connectivity index is 2.41. The maximum atomic E-state index is 11.7. The molecule has 1 heterocycles. The number of aromatic amines is 1. The van der Waals surface area contributed by atoms with Crippen molar-refractivity contribution >= 4 is 5.95 Å². The molecule has 0 aliphatic heterocycles. The van der Waals surface area contributed by atoms with Crippen LogP contribution >= 0.6 is 0 Å². The van der Waals surface area contributed by atoms with Gasteiger partial charge in [-0.05, 0) is 16.2 Å². The number of benzene rings is 1. The van der Waals surface area contributed by atoms with Crippen LogP contribution in [0.5, 0.6) is 5.88 Å². The second-order valence-electron chi connectivity index (χ2n) is 3.54. The van der Waals surface area contributed by atoms with E-state index in [0.29, 0.717) is 0 Å². The number of H-pyrrole nitrogens is 1. The molecule has 0 fully saturated rings. The van der Waals surface area contributed by atoms with E-state index >= 15 is 0 Å². The first-order valence-electron chi connectivity index (χ1n) is 5.12. The van der Waals surface area contributed by atoms with Crippen LogP contribution in [0.15, 0.2) is 40.2 Å². The summed E-state index contributed by atoms with van der Waals surface area (Å²) in [6.45, 7) is 0. The average molecular weight is 243 g/mol. The topological polar surface area (TPSA) is 115 Å². The van der Waals surface area contributed by atoms with Crippen LogP contribution in [0.25, 0.3) is 10.4 Å². The molecular formula is C11H9N5O2. The van der Waals surface area contributed by atoms with Crippen LogP contribution in [-0.2, 0) is 6.42 Å². The first-order chi connectivity index (χ1) is 8.70. The Morgan fingerprint density at radius 3 is 2.72 bits per heavy atom. The summed E-state index contributed by atoms with van der Waals surface area (Å²) in [6, 6.07) is 9.20. The molecule has 0 amide bonds. The zero-order valence-corrected chi connectivity index (χ0v) is 9.24. The Morgan fingerprint density at radius 2 is 2.11 bits per heavy atom. The van der Waals surface area contributed by atoms with E-state index in [2.05, 4.69) is 20.0 Å². The summed E-state index contributed by atoms with van der Waals surface area (Å²) in [5.74, 6) is -0.679. The Hall–Kier alpha value is -2.79. The van der Waals surface area contributed by atoms with Gasteiger partial charge in [0.05, 0.1) is 5.56 Å². The van der Waals surface area contributed by atoms with Crippen LogP contribution in [0, 0.1) is 0 Å². The number of hydrogen-bond acceptors (Lipinski definition) is 4. The van der Waals surface area contributed by atoms with E-state index in [0.717, 1.165) is 5.56 Å². The van der Waals surface area contributed by atoms with Crippen molar-refractivity contribution in [2.24, 2.45) is 5.11 Å². The smallest absolute Gasteiger partial charge is 0.258 e. The highest BCUT2D eigenvalue weighted by molar-refractivity contribution is 5.33. The molecule has 7 heteroatoms. The fourth-order valence-electron chi connectivity index (χ4n) is 1.52. The van der Waals surface area contributed by atoms with E-state index in [1.165, 1.54) is 0 Å². The van der Waals surface area contributed by atoms with Gasteiger partial charge in [-0.1, -0.05) is 30.3 Å². The lowest BCUT2D eigenvalue weighted by molar-refractivity contribution is 0.445. The number of aromatic hydroxyl groups is 1. The fourth-order valence-corrected chi connectivity index (χ4v) is 1.52. The molecule has 2 aromatic rings. The molecule has 0 aliphatic carbocycles. The van der Waals surface area contributed by atoms with Crippen molar-refractivity contribution < 1.29 is 5.11 Å². The van der Waals surface area contributed by atoms with Crippen molar-refractivity contribution in [1.82, 2.24) is 9.97 Å². The fraction of sp³-hybridized carbons (Fsp3) is 0.0909. The molecule has 1 aromatic heterocycles. The zero-order chi connectivity index (χ0) is 13.0. The molecule has 0 saturated carbocycles. The van der Waals surface area contributed by atoms with Crippen molar-refractivity contribution in [2.45, 2.75) is 6.42 Å². The van der Waals surface area contributed by atoms with E-state index in [4.69, 9.17) is 5.53 Å². The standard InChI is InChI=1S/C11H9N5O2/c12-16-15-11-13-9(17)8(10(18)14-11)6-7-4-2-1-3-5-7/h1-5H,6H2,(H2,13,14,17,18). The van der Waals surface area contributed by atoms with E-state index in [1.54, 1.807) is 0 Å². The Labute approximate surface area is 101 Å². The molecule has 0 unspecified atom stereocenters. The molecule has 1 aromatic carbocycles. The predicted octanol–water partition coefficient (Wildman–Crippen LogP) is 2.01. The third kappa shape index (κ3) is 2.47. The number of nitrogens with one attached hydrogen (secondary N) is 1. The summed E-state index contributed by atoms with van der Waals surface area (Å²) in [4.78, 5) is 20.1. The van der Waals surface area contributed by atoms with Gasteiger partial charge in [-0.15, -0.1) is 0 Å². The number of nitrogens with zero attached hydrogens (tertiary/aromatic N) is 4. The van der Waals surface area contributed by atoms with E-state index in [1.807, 2.05) is 30.3 Å². The van der Waals surface area contributed by atoms with E-state index < -0.39 is 11.4 Å². The molecule has 2 N–H and O–H groups in total. The Bertz CT molecular complexity index is 659. The summed E-state index contributed by atoms with van der Waals surface area (Å²) in [7, 11) is 0. The van der Waals surface area contributed by atoms with Crippen LogP contribution in [-0.4, -0.2) is 15.1 Å². The maximum Gasteiger partial charge on any atom is 0.258 e. The van der Waals surface area contributed by atoms with Crippen LogP contribution in [0.4, 0.5) is 5.95 Å². The van der Waals surface area contributed by atoms with Crippen LogP contribution in [0.1, 0.15) is 11.1 Å². The lowest BCUT2D eigenvalue weighted by Gasteiger charge is -2.03. The summed E-state index contributed by atoms with van der Waals surface area (Å²) in [5, 5.41) is 12.8. The third-order valence-electron chi connectivity index (χ3n) is 2.34. The normalized spacial score (nSPS) is 9.78. The van der Waals surface area contributed by atoms with Crippen LogP contribution < -0.4 is 5.56 Å². The summed E-state index contributed by atoms with van der Waals surface area (Å²) >= 11 is 0. The van der Waals surface area contributed by atoms with Crippen molar-refractivity contribution in [2.75, 3.05) is 0 Å². The van der Waals surface area contributed by atoms with Gasteiger partial charge in [-0.2, -0.15) is 4.98 Å². The van der Waals surface area contributed by atoms with Gasteiger partial charge in [-0.25, -0.2) is 0 Å². The number of rotatable bonds is 3. The quantitative estimate of drug-likeness (QED) is 0.488. The van der Waals surface area contributed by atoms with E-state index in [9.17, 15) is 9.90 Å². The minimum absolute atomic E-state index is 0.137. The van der Waals surface area contributed by atoms with Crippen molar-refractivity contribution in [3.05, 3.63) is 62.3 Å². The SMILES string of the molecule is [N-]=[N+]=Nc1nc(O)c(Cc2ccccc2)c(=O)[nH]1. The molecule has 0 aliphatic rings. The predicted molar refractivity (Wildman–Crippen MR) is 64.6 cm³/mol. The van der Waals surface area contributed by atoms with Crippen molar-refractivity contribution in [3.8, 4) is 5.88 Å². The molecule has 0 bridgehead atoms. The van der Waals surface area contributed by atoms with Gasteiger partial charge < -0.3 is 10.1 Å². The molecule has 0 spiro atoms. The molecular weight excluding hydrogens is 234 g/mol. The number of hydrogen-bond donors (Lipinski definition) is 2. The average Bonchev–Trinajstić information content (AvgIpc) is 2.36.